The normalized spacial score (nSPS) is 11.0. The van der Waals surface area contributed by atoms with Crippen molar-refractivity contribution in [2.24, 2.45) is 0 Å². The van der Waals surface area contributed by atoms with Crippen LogP contribution < -0.4 is 10.9 Å². The number of benzene rings is 2. The van der Waals surface area contributed by atoms with Gasteiger partial charge in [-0.2, -0.15) is 0 Å². The van der Waals surface area contributed by atoms with Crippen molar-refractivity contribution in [1.82, 2.24) is 24.5 Å². The summed E-state index contributed by atoms with van der Waals surface area (Å²) >= 11 is 5.99. The summed E-state index contributed by atoms with van der Waals surface area (Å²) < 4.78 is 15.6. The molecule has 2 heterocycles. The van der Waals surface area contributed by atoms with E-state index in [2.05, 4.69) is 20.6 Å². The van der Waals surface area contributed by atoms with Gasteiger partial charge in [0.25, 0.3) is 5.56 Å². The third-order valence-electron chi connectivity index (χ3n) is 4.16. The molecule has 2 aromatic carbocycles. The summed E-state index contributed by atoms with van der Waals surface area (Å²) in [6.45, 7) is 0.0822. The molecule has 0 aliphatic rings. The summed E-state index contributed by atoms with van der Waals surface area (Å²) in [5.41, 5.74) is 1.19. The molecule has 4 aromatic rings. The highest BCUT2D eigenvalue weighted by Gasteiger charge is 2.14. The molecule has 0 saturated carbocycles. The van der Waals surface area contributed by atoms with Gasteiger partial charge in [0.05, 0.1) is 6.54 Å². The Hall–Kier alpha value is -3.59. The summed E-state index contributed by atoms with van der Waals surface area (Å²) in [5.74, 6) is -0.860. The lowest BCUT2D eigenvalue weighted by atomic mass is 10.2. The molecule has 8 nitrogen and oxygen atoms in total. The number of hydrogen-bond acceptors (Lipinski definition) is 5. The van der Waals surface area contributed by atoms with E-state index < -0.39 is 17.3 Å². The minimum absolute atomic E-state index is 0.0594. The van der Waals surface area contributed by atoms with Gasteiger partial charge in [0.15, 0.2) is 11.2 Å². The first-order chi connectivity index (χ1) is 14.0. The quantitative estimate of drug-likeness (QED) is 0.543. The molecule has 0 fully saturated rings. The lowest BCUT2D eigenvalue weighted by Crippen LogP contribution is -2.28. The molecule has 29 heavy (non-hydrogen) atoms. The van der Waals surface area contributed by atoms with Crippen LogP contribution in [0.2, 0.25) is 5.02 Å². The fourth-order valence-corrected chi connectivity index (χ4v) is 3.02. The third-order valence-corrected chi connectivity index (χ3v) is 4.39. The van der Waals surface area contributed by atoms with Crippen LogP contribution in [0.4, 0.5) is 10.1 Å². The first-order valence-corrected chi connectivity index (χ1v) is 8.96. The van der Waals surface area contributed by atoms with Gasteiger partial charge in [-0.05, 0) is 42.0 Å². The van der Waals surface area contributed by atoms with Crippen LogP contribution in [0.1, 0.15) is 5.56 Å². The van der Waals surface area contributed by atoms with E-state index in [4.69, 9.17) is 11.6 Å². The molecule has 146 valence electrons. The molecule has 0 saturated heterocycles. The Morgan fingerprint density at radius 1 is 1.17 bits per heavy atom. The smallest absolute Gasteiger partial charge is 0.283 e. The number of rotatable bonds is 5. The van der Waals surface area contributed by atoms with E-state index in [-0.39, 0.29) is 12.1 Å². The molecule has 0 spiro atoms. The number of carbonyl (C=O) groups excluding carboxylic acids is 1. The zero-order chi connectivity index (χ0) is 20.4. The molecule has 0 aliphatic heterocycles. The standard InChI is InChI=1S/C19H14ClFN6O2/c20-13-3-1-2-12(8-13)9-27-18-17(24-25-27)19(29)26(11-22-18)10-16(28)23-15-6-4-14(21)5-7-15/h1-8,11H,9-10H2,(H,23,28). The van der Waals surface area contributed by atoms with Crippen LogP contribution in [0.25, 0.3) is 11.2 Å². The van der Waals surface area contributed by atoms with Gasteiger partial charge in [-0.3, -0.25) is 14.2 Å². The number of carbonyl (C=O) groups is 1. The average Bonchev–Trinajstić information content (AvgIpc) is 3.09. The van der Waals surface area contributed by atoms with Gasteiger partial charge in [-0.25, -0.2) is 14.1 Å². The molecule has 0 aliphatic carbocycles. The summed E-state index contributed by atoms with van der Waals surface area (Å²) in [4.78, 5) is 29.1. The number of amides is 1. The second kappa shape index (κ2) is 7.80. The van der Waals surface area contributed by atoms with Gasteiger partial charge in [0.1, 0.15) is 18.7 Å². The van der Waals surface area contributed by atoms with Crippen LogP contribution in [0, 0.1) is 5.82 Å². The number of nitrogens with zero attached hydrogens (tertiary/aromatic N) is 5. The van der Waals surface area contributed by atoms with Crippen molar-refractivity contribution >= 4 is 34.4 Å². The third kappa shape index (κ3) is 4.14. The number of aromatic nitrogens is 5. The van der Waals surface area contributed by atoms with Gasteiger partial charge in [-0.1, -0.05) is 28.9 Å². The van der Waals surface area contributed by atoms with E-state index in [1.54, 1.807) is 12.1 Å². The average molecular weight is 413 g/mol. The van der Waals surface area contributed by atoms with Crippen LogP contribution in [0.5, 0.6) is 0 Å². The molecule has 0 unspecified atom stereocenters. The first kappa shape index (κ1) is 18.8. The van der Waals surface area contributed by atoms with E-state index in [0.717, 1.165) is 10.1 Å². The molecular formula is C19H14ClFN6O2. The minimum Gasteiger partial charge on any atom is -0.325 e. The Labute approximate surface area is 168 Å². The SMILES string of the molecule is O=C(Cn1cnc2c(nnn2Cc2cccc(Cl)c2)c1=O)Nc1ccc(F)cc1. The lowest BCUT2D eigenvalue weighted by molar-refractivity contribution is -0.116. The topological polar surface area (TPSA) is 94.7 Å². The van der Waals surface area contributed by atoms with E-state index in [1.807, 2.05) is 12.1 Å². The van der Waals surface area contributed by atoms with Crippen LogP contribution in [-0.4, -0.2) is 30.5 Å². The van der Waals surface area contributed by atoms with Crippen molar-refractivity contribution in [2.45, 2.75) is 13.1 Å². The largest absolute Gasteiger partial charge is 0.325 e. The highest BCUT2D eigenvalue weighted by Crippen LogP contribution is 2.13. The molecule has 2 aromatic heterocycles. The Kier molecular flexibility index (Phi) is 5.05. The number of hydrogen-bond donors (Lipinski definition) is 1. The van der Waals surface area contributed by atoms with Crippen LogP contribution >= 0.6 is 11.6 Å². The molecule has 10 heteroatoms. The molecule has 0 atom stereocenters. The maximum atomic E-state index is 12.9. The Morgan fingerprint density at radius 3 is 2.72 bits per heavy atom. The zero-order valence-corrected chi connectivity index (χ0v) is 15.7. The van der Waals surface area contributed by atoms with Gasteiger partial charge >= 0.3 is 0 Å². The summed E-state index contributed by atoms with van der Waals surface area (Å²) in [6, 6.07) is 12.6. The molecule has 0 radical (unpaired) electrons. The van der Waals surface area contributed by atoms with Gasteiger partial charge < -0.3 is 5.32 Å². The lowest BCUT2D eigenvalue weighted by Gasteiger charge is -2.07. The van der Waals surface area contributed by atoms with Crippen molar-refractivity contribution in [3.8, 4) is 0 Å². The summed E-state index contributed by atoms with van der Waals surface area (Å²) in [6.07, 6.45) is 1.27. The van der Waals surface area contributed by atoms with Crippen LogP contribution in [0.15, 0.2) is 59.7 Å². The van der Waals surface area contributed by atoms with Crippen molar-refractivity contribution < 1.29 is 9.18 Å². The fourth-order valence-electron chi connectivity index (χ4n) is 2.80. The number of fused-ring (bicyclic) bond motifs is 1. The van der Waals surface area contributed by atoms with Crippen LogP contribution in [0.3, 0.4) is 0 Å². The molecule has 4 rings (SSSR count). The second-order valence-corrected chi connectivity index (χ2v) is 6.72. The predicted octanol–water partition coefficient (Wildman–Crippen LogP) is 2.47. The van der Waals surface area contributed by atoms with E-state index in [1.165, 1.54) is 35.3 Å². The zero-order valence-electron chi connectivity index (χ0n) is 14.9. The second-order valence-electron chi connectivity index (χ2n) is 6.28. The van der Waals surface area contributed by atoms with E-state index >= 15 is 0 Å². The number of anilines is 1. The van der Waals surface area contributed by atoms with E-state index in [0.29, 0.717) is 22.9 Å². The molecule has 0 bridgehead atoms. The fraction of sp³-hybridized carbons (Fsp3) is 0.105. The van der Waals surface area contributed by atoms with E-state index in [9.17, 15) is 14.0 Å². The Morgan fingerprint density at radius 2 is 1.97 bits per heavy atom. The van der Waals surface area contributed by atoms with Crippen molar-refractivity contribution in [2.75, 3.05) is 5.32 Å². The maximum Gasteiger partial charge on any atom is 0.283 e. The summed E-state index contributed by atoms with van der Waals surface area (Å²) in [7, 11) is 0. The molecule has 1 amide bonds. The predicted molar refractivity (Wildman–Crippen MR) is 105 cm³/mol. The number of nitrogens with one attached hydrogen (secondary N) is 1. The van der Waals surface area contributed by atoms with Crippen molar-refractivity contribution in [3.05, 3.63) is 81.6 Å². The molecule has 1 N–H and O–H groups in total. The maximum absolute atomic E-state index is 12.9. The van der Waals surface area contributed by atoms with Crippen molar-refractivity contribution in [1.29, 1.82) is 0 Å². The Bertz CT molecular complexity index is 1250. The first-order valence-electron chi connectivity index (χ1n) is 8.58. The van der Waals surface area contributed by atoms with Crippen molar-refractivity contribution in [3.63, 3.8) is 0 Å². The molecular weight excluding hydrogens is 399 g/mol. The number of halogens is 2. The monoisotopic (exact) mass is 412 g/mol. The van der Waals surface area contributed by atoms with Gasteiger partial charge in [0.2, 0.25) is 5.91 Å². The van der Waals surface area contributed by atoms with Gasteiger partial charge in [0, 0.05) is 10.7 Å². The highest BCUT2D eigenvalue weighted by atomic mass is 35.5. The Balaban J connectivity index is 1.54. The highest BCUT2D eigenvalue weighted by molar-refractivity contribution is 6.30. The summed E-state index contributed by atoms with van der Waals surface area (Å²) in [5, 5.41) is 11.1. The van der Waals surface area contributed by atoms with Gasteiger partial charge in [-0.15, -0.1) is 5.10 Å². The van der Waals surface area contributed by atoms with Crippen LogP contribution in [-0.2, 0) is 17.9 Å². The minimum atomic E-state index is -0.485.